The molecule has 0 aliphatic carbocycles. The second-order valence-electron chi connectivity index (χ2n) is 5.97. The molecule has 0 unspecified atom stereocenters. The van der Waals surface area contributed by atoms with Crippen molar-refractivity contribution in [3.63, 3.8) is 0 Å². The third kappa shape index (κ3) is 4.95. The summed E-state index contributed by atoms with van der Waals surface area (Å²) >= 11 is 6.18. The lowest BCUT2D eigenvalue weighted by Gasteiger charge is -2.17. The molecule has 2 amide bonds. The molecule has 0 radical (unpaired) electrons. The summed E-state index contributed by atoms with van der Waals surface area (Å²) in [5, 5.41) is 3.76. The highest BCUT2D eigenvalue weighted by atomic mass is 35.5. The Balaban J connectivity index is 1.67. The number of nitrogens with two attached hydrogens (primary N) is 1. The topological polar surface area (TPSA) is 94.3 Å². The number of primary amides is 1. The van der Waals surface area contributed by atoms with E-state index in [1.165, 1.54) is 0 Å². The first-order valence-corrected chi connectivity index (χ1v) is 8.71. The predicted molar refractivity (Wildman–Crippen MR) is 103 cm³/mol. The fourth-order valence-electron chi connectivity index (χ4n) is 2.73. The van der Waals surface area contributed by atoms with E-state index in [1.54, 1.807) is 12.1 Å². The normalized spacial score (nSPS) is 11.7. The molecule has 1 heterocycles. The Hall–Kier alpha value is -3.12. The van der Waals surface area contributed by atoms with E-state index in [2.05, 4.69) is 10.3 Å². The van der Waals surface area contributed by atoms with Crippen LogP contribution < -0.4 is 11.1 Å². The highest BCUT2D eigenvalue weighted by molar-refractivity contribution is 6.30. The van der Waals surface area contributed by atoms with Crippen molar-refractivity contribution >= 4 is 34.5 Å². The van der Waals surface area contributed by atoms with E-state index >= 15 is 0 Å². The number of aromatic nitrogens is 1. The molecule has 7 heteroatoms. The van der Waals surface area contributed by atoms with E-state index < -0.39 is 18.0 Å². The van der Waals surface area contributed by atoms with Gasteiger partial charge in [-0.25, -0.2) is 9.78 Å². The molecule has 6 nitrogen and oxygen atoms in total. The Morgan fingerprint density at radius 1 is 1.11 bits per heavy atom. The second-order valence-corrected chi connectivity index (χ2v) is 6.33. The van der Waals surface area contributed by atoms with Gasteiger partial charge in [-0.05, 0) is 17.7 Å². The molecule has 0 bridgehead atoms. The number of hydrogen-bond acceptors (Lipinski definition) is 4. The number of nitrogens with zero attached hydrogens (tertiary/aromatic N) is 1. The van der Waals surface area contributed by atoms with Crippen LogP contribution in [0.1, 0.15) is 23.6 Å². The fraction of sp³-hybridized carbons (Fsp3) is 0.150. The number of carbonyl (C=O) groups is 2. The standard InChI is InChI=1S/C20H18ClN3O3/c21-19-15(10-14-8-4-5-9-16(14)23-19)12-27-18(25)11-17(24-20(22)26)13-6-2-1-3-7-13/h1-10,17H,11-12H2,(H3,22,24,26)/t17-/m0/s1. The molecule has 0 saturated carbocycles. The molecule has 0 fully saturated rings. The first kappa shape index (κ1) is 18.7. The average Bonchev–Trinajstić information content (AvgIpc) is 2.66. The molecular weight excluding hydrogens is 366 g/mol. The van der Waals surface area contributed by atoms with Crippen LogP contribution in [0.4, 0.5) is 4.79 Å². The van der Waals surface area contributed by atoms with Gasteiger partial charge in [-0.15, -0.1) is 0 Å². The van der Waals surface area contributed by atoms with Gasteiger partial charge in [0.05, 0.1) is 18.0 Å². The van der Waals surface area contributed by atoms with Crippen molar-refractivity contribution in [2.75, 3.05) is 0 Å². The first-order chi connectivity index (χ1) is 13.0. The van der Waals surface area contributed by atoms with Gasteiger partial charge < -0.3 is 15.8 Å². The third-order valence-corrected chi connectivity index (χ3v) is 4.36. The van der Waals surface area contributed by atoms with E-state index in [1.807, 2.05) is 48.5 Å². The molecule has 27 heavy (non-hydrogen) atoms. The van der Waals surface area contributed by atoms with Gasteiger partial charge in [0, 0.05) is 10.9 Å². The van der Waals surface area contributed by atoms with Crippen LogP contribution in [0.5, 0.6) is 0 Å². The van der Waals surface area contributed by atoms with Crippen molar-refractivity contribution in [2.45, 2.75) is 19.1 Å². The fourth-order valence-corrected chi connectivity index (χ4v) is 2.93. The van der Waals surface area contributed by atoms with Crippen LogP contribution in [0.25, 0.3) is 10.9 Å². The van der Waals surface area contributed by atoms with Gasteiger partial charge in [0.25, 0.3) is 0 Å². The molecular formula is C20H18ClN3O3. The highest BCUT2D eigenvalue weighted by Crippen LogP contribution is 2.22. The summed E-state index contributed by atoms with van der Waals surface area (Å²) < 4.78 is 5.34. The summed E-state index contributed by atoms with van der Waals surface area (Å²) in [4.78, 5) is 27.8. The van der Waals surface area contributed by atoms with Crippen molar-refractivity contribution in [1.29, 1.82) is 0 Å². The smallest absolute Gasteiger partial charge is 0.312 e. The van der Waals surface area contributed by atoms with Crippen LogP contribution in [0.3, 0.4) is 0 Å². The van der Waals surface area contributed by atoms with Crippen molar-refractivity contribution in [1.82, 2.24) is 10.3 Å². The zero-order chi connectivity index (χ0) is 19.2. The Morgan fingerprint density at radius 2 is 1.81 bits per heavy atom. The molecule has 1 aromatic heterocycles. The lowest BCUT2D eigenvalue weighted by molar-refractivity contribution is -0.145. The molecule has 2 aromatic carbocycles. The van der Waals surface area contributed by atoms with Crippen LogP contribution in [-0.2, 0) is 16.1 Å². The van der Waals surface area contributed by atoms with E-state index in [9.17, 15) is 9.59 Å². The van der Waals surface area contributed by atoms with Gasteiger partial charge >= 0.3 is 12.0 Å². The summed E-state index contributed by atoms with van der Waals surface area (Å²) in [6, 6.07) is 17.2. The molecule has 1 atom stereocenters. The number of fused-ring (bicyclic) bond motifs is 1. The maximum absolute atomic E-state index is 12.3. The SMILES string of the molecule is NC(=O)N[C@@H](CC(=O)OCc1cc2ccccc2nc1Cl)c1ccccc1. The number of carbonyl (C=O) groups excluding carboxylic acids is 2. The summed E-state index contributed by atoms with van der Waals surface area (Å²) in [7, 11) is 0. The predicted octanol–water partition coefficient (Wildman–Crippen LogP) is 3.73. The largest absolute Gasteiger partial charge is 0.461 e. The van der Waals surface area contributed by atoms with Crippen LogP contribution in [0.15, 0.2) is 60.7 Å². The van der Waals surface area contributed by atoms with Gasteiger partial charge in [0.15, 0.2) is 0 Å². The summed E-state index contributed by atoms with van der Waals surface area (Å²) in [5.74, 6) is -0.484. The van der Waals surface area contributed by atoms with E-state index in [0.717, 1.165) is 16.5 Å². The number of ether oxygens (including phenoxy) is 1. The second kappa shape index (κ2) is 8.51. The van der Waals surface area contributed by atoms with Crippen LogP contribution in [0, 0.1) is 0 Å². The summed E-state index contributed by atoms with van der Waals surface area (Å²) in [5.41, 5.74) is 7.36. The van der Waals surface area contributed by atoms with E-state index in [-0.39, 0.29) is 18.2 Å². The molecule has 3 rings (SSSR count). The minimum atomic E-state index is -0.710. The third-order valence-electron chi connectivity index (χ3n) is 4.03. The van der Waals surface area contributed by atoms with Gasteiger partial charge in [-0.2, -0.15) is 0 Å². The van der Waals surface area contributed by atoms with Crippen LogP contribution in [0.2, 0.25) is 5.15 Å². The molecule has 3 aromatic rings. The highest BCUT2D eigenvalue weighted by Gasteiger charge is 2.18. The van der Waals surface area contributed by atoms with Gasteiger partial charge in [-0.3, -0.25) is 4.79 Å². The van der Waals surface area contributed by atoms with E-state index in [0.29, 0.717) is 5.56 Å². The number of benzene rings is 2. The molecule has 0 aliphatic rings. The van der Waals surface area contributed by atoms with Crippen LogP contribution in [-0.4, -0.2) is 17.0 Å². The molecule has 0 aliphatic heterocycles. The molecule has 0 spiro atoms. The first-order valence-electron chi connectivity index (χ1n) is 8.33. The maximum atomic E-state index is 12.3. The molecule has 3 N–H and O–H groups in total. The monoisotopic (exact) mass is 383 g/mol. The number of hydrogen-bond donors (Lipinski definition) is 2. The molecule has 138 valence electrons. The maximum Gasteiger partial charge on any atom is 0.312 e. The van der Waals surface area contributed by atoms with E-state index in [4.69, 9.17) is 22.1 Å². The number of esters is 1. The lowest BCUT2D eigenvalue weighted by atomic mass is 10.0. The number of amides is 2. The average molecular weight is 384 g/mol. The number of urea groups is 1. The number of halogens is 1. The number of pyridine rings is 1. The van der Waals surface area contributed by atoms with Crippen molar-refractivity contribution in [2.24, 2.45) is 5.73 Å². The summed E-state index contributed by atoms with van der Waals surface area (Å²) in [6.45, 7) is -0.00637. The molecule has 0 saturated heterocycles. The minimum Gasteiger partial charge on any atom is -0.461 e. The minimum absolute atomic E-state index is 0.00637. The Labute approximate surface area is 161 Å². The van der Waals surface area contributed by atoms with Gasteiger partial charge in [0.2, 0.25) is 0 Å². The van der Waals surface area contributed by atoms with Crippen molar-refractivity contribution in [3.05, 3.63) is 76.9 Å². The van der Waals surface area contributed by atoms with Crippen molar-refractivity contribution < 1.29 is 14.3 Å². The zero-order valence-corrected chi connectivity index (χ0v) is 15.1. The Bertz CT molecular complexity index is 963. The zero-order valence-electron chi connectivity index (χ0n) is 14.4. The van der Waals surface area contributed by atoms with Gasteiger partial charge in [-0.1, -0.05) is 60.1 Å². The summed E-state index contributed by atoms with van der Waals surface area (Å²) in [6.07, 6.45) is -0.0500. The number of rotatable bonds is 6. The number of para-hydroxylation sites is 1. The van der Waals surface area contributed by atoms with Gasteiger partial charge in [0.1, 0.15) is 11.8 Å². The lowest BCUT2D eigenvalue weighted by Crippen LogP contribution is -2.34. The van der Waals surface area contributed by atoms with Crippen molar-refractivity contribution in [3.8, 4) is 0 Å². The Morgan fingerprint density at radius 3 is 2.56 bits per heavy atom. The number of nitrogens with one attached hydrogen (secondary N) is 1. The van der Waals surface area contributed by atoms with Crippen LogP contribution >= 0.6 is 11.6 Å². The Kier molecular flexibility index (Phi) is 5.88. The quantitative estimate of drug-likeness (QED) is 0.501.